The Morgan fingerprint density at radius 3 is 2.48 bits per heavy atom. The van der Waals surface area contributed by atoms with Crippen LogP contribution in [0.5, 0.6) is 0 Å². The van der Waals surface area contributed by atoms with E-state index in [1.54, 1.807) is 9.80 Å². The summed E-state index contributed by atoms with van der Waals surface area (Å²) < 4.78 is 0. The lowest BCUT2D eigenvalue weighted by Gasteiger charge is -2.27. The van der Waals surface area contributed by atoms with Crippen molar-refractivity contribution in [3.8, 4) is 0 Å². The van der Waals surface area contributed by atoms with E-state index in [2.05, 4.69) is 0 Å². The van der Waals surface area contributed by atoms with Crippen LogP contribution in [0.3, 0.4) is 0 Å². The summed E-state index contributed by atoms with van der Waals surface area (Å²) in [6.45, 7) is 3.06. The van der Waals surface area contributed by atoms with Crippen LogP contribution in [-0.2, 0) is 4.79 Å². The lowest BCUT2D eigenvalue weighted by molar-refractivity contribution is -0.120. The molecule has 3 aromatic carbocycles. The number of para-hydroxylation sites is 1. The second-order valence-electron chi connectivity index (χ2n) is 6.75. The third kappa shape index (κ3) is 3.08. The molecule has 1 aliphatic rings. The van der Waals surface area contributed by atoms with Gasteiger partial charge in [0.25, 0.3) is 5.91 Å². The number of anilines is 1. The number of hydrogen-bond acceptors (Lipinski definition) is 2. The predicted molar refractivity (Wildman–Crippen MR) is 108 cm³/mol. The second-order valence-corrected chi connectivity index (χ2v) is 6.75. The Kier molecular flexibility index (Phi) is 4.63. The molecular formula is C23H22N2O2. The van der Waals surface area contributed by atoms with Crippen LogP contribution in [-0.4, -0.2) is 35.8 Å². The van der Waals surface area contributed by atoms with Crippen LogP contribution in [0.2, 0.25) is 0 Å². The first-order valence-corrected chi connectivity index (χ1v) is 9.36. The summed E-state index contributed by atoms with van der Waals surface area (Å²) in [5.41, 5.74) is 1.54. The van der Waals surface area contributed by atoms with Crippen molar-refractivity contribution in [3.63, 3.8) is 0 Å². The van der Waals surface area contributed by atoms with Crippen LogP contribution in [0.15, 0.2) is 72.8 Å². The first-order chi connectivity index (χ1) is 13.2. The standard InChI is InChI=1S/C23H22N2O2/c1-2-24(21-15-16-25(23(21)27)18-11-4-3-5-12-18)22(26)20-14-8-10-17-9-6-7-13-19(17)20/h3-14,21H,2,15-16H2,1H3. The fourth-order valence-electron chi connectivity index (χ4n) is 3.89. The molecule has 0 spiro atoms. The number of amides is 2. The van der Waals surface area contributed by atoms with Crippen LogP contribution in [0.4, 0.5) is 5.69 Å². The molecule has 0 aromatic heterocycles. The normalized spacial score (nSPS) is 16.7. The molecule has 27 heavy (non-hydrogen) atoms. The molecule has 1 unspecified atom stereocenters. The molecule has 0 radical (unpaired) electrons. The lowest BCUT2D eigenvalue weighted by Crippen LogP contribution is -2.45. The molecule has 0 saturated carbocycles. The Labute approximate surface area is 159 Å². The van der Waals surface area contributed by atoms with Crippen molar-refractivity contribution in [2.45, 2.75) is 19.4 Å². The minimum atomic E-state index is -0.415. The number of carbonyl (C=O) groups is 2. The van der Waals surface area contributed by atoms with Gasteiger partial charge in [0.1, 0.15) is 6.04 Å². The van der Waals surface area contributed by atoms with Crippen molar-refractivity contribution in [2.75, 3.05) is 18.0 Å². The van der Waals surface area contributed by atoms with Crippen LogP contribution < -0.4 is 4.90 Å². The fraction of sp³-hybridized carbons (Fsp3) is 0.217. The minimum absolute atomic E-state index is 0.00311. The van der Waals surface area contributed by atoms with Gasteiger partial charge >= 0.3 is 0 Å². The maximum absolute atomic E-state index is 13.3. The van der Waals surface area contributed by atoms with Gasteiger partial charge < -0.3 is 9.80 Å². The highest BCUT2D eigenvalue weighted by Gasteiger charge is 2.38. The molecule has 3 aromatic rings. The molecule has 136 valence electrons. The summed E-state index contributed by atoms with van der Waals surface area (Å²) in [6.07, 6.45) is 0.651. The van der Waals surface area contributed by atoms with E-state index in [1.807, 2.05) is 79.7 Å². The van der Waals surface area contributed by atoms with E-state index in [0.717, 1.165) is 16.5 Å². The zero-order chi connectivity index (χ0) is 18.8. The summed E-state index contributed by atoms with van der Waals surface area (Å²) in [6, 6.07) is 22.8. The van der Waals surface area contributed by atoms with Crippen molar-refractivity contribution in [3.05, 3.63) is 78.4 Å². The first kappa shape index (κ1) is 17.3. The minimum Gasteiger partial charge on any atom is -0.327 e. The SMILES string of the molecule is CCN(C(=O)c1cccc2ccccc12)C1CCN(c2ccccc2)C1=O. The summed E-state index contributed by atoms with van der Waals surface area (Å²) >= 11 is 0. The molecule has 1 saturated heterocycles. The maximum atomic E-state index is 13.3. The molecule has 0 N–H and O–H groups in total. The maximum Gasteiger partial charge on any atom is 0.255 e. The second kappa shape index (κ2) is 7.23. The van der Waals surface area contributed by atoms with E-state index >= 15 is 0 Å². The highest BCUT2D eigenvalue weighted by Crippen LogP contribution is 2.27. The molecule has 1 aliphatic heterocycles. The molecule has 0 aliphatic carbocycles. The molecular weight excluding hydrogens is 336 g/mol. The van der Waals surface area contributed by atoms with E-state index in [1.165, 1.54) is 0 Å². The summed E-state index contributed by atoms with van der Waals surface area (Å²) in [5.74, 6) is -0.0841. The van der Waals surface area contributed by atoms with Gasteiger partial charge in [-0.25, -0.2) is 0 Å². The smallest absolute Gasteiger partial charge is 0.255 e. The fourth-order valence-corrected chi connectivity index (χ4v) is 3.89. The monoisotopic (exact) mass is 358 g/mol. The Morgan fingerprint density at radius 1 is 1.00 bits per heavy atom. The van der Waals surface area contributed by atoms with Gasteiger partial charge in [-0.2, -0.15) is 0 Å². The molecule has 4 nitrogen and oxygen atoms in total. The van der Waals surface area contributed by atoms with E-state index in [9.17, 15) is 9.59 Å². The summed E-state index contributed by atoms with van der Waals surface area (Å²) in [4.78, 5) is 29.9. The topological polar surface area (TPSA) is 40.6 Å². The van der Waals surface area contributed by atoms with Gasteiger partial charge in [0.05, 0.1) is 0 Å². The first-order valence-electron chi connectivity index (χ1n) is 9.36. The van der Waals surface area contributed by atoms with Gasteiger partial charge in [-0.15, -0.1) is 0 Å². The summed E-state index contributed by atoms with van der Waals surface area (Å²) in [7, 11) is 0. The van der Waals surface area contributed by atoms with Gasteiger partial charge in [0.15, 0.2) is 0 Å². The van der Waals surface area contributed by atoms with Gasteiger partial charge in [0, 0.05) is 24.3 Å². The highest BCUT2D eigenvalue weighted by atomic mass is 16.2. The van der Waals surface area contributed by atoms with E-state index < -0.39 is 6.04 Å². The van der Waals surface area contributed by atoms with Gasteiger partial charge in [-0.3, -0.25) is 9.59 Å². The average molecular weight is 358 g/mol. The number of carbonyl (C=O) groups excluding carboxylic acids is 2. The number of hydrogen-bond donors (Lipinski definition) is 0. The molecule has 2 amide bonds. The van der Waals surface area contributed by atoms with E-state index in [-0.39, 0.29) is 11.8 Å². The van der Waals surface area contributed by atoms with Crippen LogP contribution in [0, 0.1) is 0 Å². The number of likely N-dealkylation sites (N-methyl/N-ethyl adjacent to an activating group) is 1. The molecule has 1 heterocycles. The van der Waals surface area contributed by atoms with Gasteiger partial charge in [-0.05, 0) is 42.3 Å². The van der Waals surface area contributed by atoms with Crippen molar-refractivity contribution < 1.29 is 9.59 Å². The van der Waals surface area contributed by atoms with E-state index in [4.69, 9.17) is 0 Å². The molecule has 0 bridgehead atoms. The molecule has 4 heteroatoms. The van der Waals surface area contributed by atoms with Crippen LogP contribution in [0.1, 0.15) is 23.7 Å². The number of rotatable bonds is 4. The highest BCUT2D eigenvalue weighted by molar-refractivity contribution is 6.09. The lowest BCUT2D eigenvalue weighted by atomic mass is 10.0. The predicted octanol–water partition coefficient (Wildman–Crippen LogP) is 4.11. The van der Waals surface area contributed by atoms with Crippen molar-refractivity contribution >= 4 is 28.3 Å². The zero-order valence-electron chi connectivity index (χ0n) is 15.3. The quantitative estimate of drug-likeness (QED) is 0.704. The number of fused-ring (bicyclic) bond motifs is 1. The summed E-state index contributed by atoms with van der Waals surface area (Å²) in [5, 5.41) is 1.96. The third-order valence-corrected chi connectivity index (χ3v) is 5.24. The van der Waals surface area contributed by atoms with Crippen molar-refractivity contribution in [1.82, 2.24) is 4.90 Å². The largest absolute Gasteiger partial charge is 0.327 e. The number of nitrogens with zero attached hydrogens (tertiary/aromatic N) is 2. The van der Waals surface area contributed by atoms with Crippen molar-refractivity contribution in [2.24, 2.45) is 0 Å². The zero-order valence-corrected chi connectivity index (χ0v) is 15.3. The van der Waals surface area contributed by atoms with Gasteiger partial charge in [-0.1, -0.05) is 54.6 Å². The van der Waals surface area contributed by atoms with E-state index in [0.29, 0.717) is 25.1 Å². The third-order valence-electron chi connectivity index (χ3n) is 5.24. The Hall–Kier alpha value is -3.14. The Morgan fingerprint density at radius 2 is 1.70 bits per heavy atom. The average Bonchev–Trinajstić information content (AvgIpc) is 3.10. The Balaban J connectivity index is 1.64. The van der Waals surface area contributed by atoms with Crippen LogP contribution in [0.25, 0.3) is 10.8 Å². The van der Waals surface area contributed by atoms with Gasteiger partial charge in [0.2, 0.25) is 5.91 Å². The van der Waals surface area contributed by atoms with Crippen molar-refractivity contribution in [1.29, 1.82) is 0 Å². The molecule has 1 fully saturated rings. The molecule has 1 atom stereocenters. The Bertz CT molecular complexity index is 979. The number of benzene rings is 3. The van der Waals surface area contributed by atoms with Crippen LogP contribution >= 0.6 is 0 Å². The molecule has 4 rings (SSSR count).